The van der Waals surface area contributed by atoms with E-state index in [1.54, 1.807) is 0 Å². The van der Waals surface area contributed by atoms with Gasteiger partial charge in [0.15, 0.2) is 0 Å². The van der Waals surface area contributed by atoms with Crippen LogP contribution in [0.3, 0.4) is 0 Å². The Kier molecular flexibility index (Phi) is 7.30. The highest BCUT2D eigenvalue weighted by Crippen LogP contribution is 2.17. The predicted octanol–water partition coefficient (Wildman–Crippen LogP) is 2.65. The molecule has 19 heavy (non-hydrogen) atoms. The third-order valence-corrected chi connectivity index (χ3v) is 3.60. The molecule has 1 fully saturated rings. The van der Waals surface area contributed by atoms with E-state index < -0.39 is 5.97 Å². The van der Waals surface area contributed by atoms with Crippen molar-refractivity contribution in [2.45, 2.75) is 76.8 Å². The molecule has 0 aliphatic heterocycles. The Morgan fingerprint density at radius 3 is 2.42 bits per heavy atom. The van der Waals surface area contributed by atoms with Crippen molar-refractivity contribution in [3.63, 3.8) is 0 Å². The zero-order valence-corrected chi connectivity index (χ0v) is 11.8. The van der Waals surface area contributed by atoms with Crippen molar-refractivity contribution >= 4 is 12.0 Å². The lowest BCUT2D eigenvalue weighted by Gasteiger charge is -2.19. The summed E-state index contributed by atoms with van der Waals surface area (Å²) >= 11 is 0. The fourth-order valence-electron chi connectivity index (χ4n) is 2.51. The molecule has 3 N–H and O–H groups in total. The molecular weight excluding hydrogens is 244 g/mol. The molecule has 0 aromatic carbocycles. The molecule has 1 saturated carbocycles. The van der Waals surface area contributed by atoms with Crippen molar-refractivity contribution < 1.29 is 14.7 Å². The third-order valence-electron chi connectivity index (χ3n) is 3.60. The van der Waals surface area contributed by atoms with E-state index >= 15 is 0 Å². The summed E-state index contributed by atoms with van der Waals surface area (Å²) in [6, 6.07) is 0.202. The molecule has 5 nitrogen and oxygen atoms in total. The molecule has 1 unspecified atom stereocenters. The van der Waals surface area contributed by atoms with Gasteiger partial charge in [0, 0.05) is 18.5 Å². The van der Waals surface area contributed by atoms with E-state index in [9.17, 15) is 9.59 Å². The summed E-state index contributed by atoms with van der Waals surface area (Å²) in [5.41, 5.74) is 0. The monoisotopic (exact) mass is 270 g/mol. The Morgan fingerprint density at radius 2 is 1.84 bits per heavy atom. The first-order valence-electron chi connectivity index (χ1n) is 7.36. The van der Waals surface area contributed by atoms with Crippen LogP contribution in [0, 0.1) is 0 Å². The fraction of sp³-hybridized carbons (Fsp3) is 0.857. The third kappa shape index (κ3) is 7.70. The van der Waals surface area contributed by atoms with Gasteiger partial charge in [0.2, 0.25) is 0 Å². The first-order valence-corrected chi connectivity index (χ1v) is 7.36. The first kappa shape index (κ1) is 15.8. The van der Waals surface area contributed by atoms with Crippen LogP contribution in [-0.2, 0) is 4.79 Å². The molecule has 0 radical (unpaired) electrons. The van der Waals surface area contributed by atoms with E-state index in [0.29, 0.717) is 18.9 Å². The van der Waals surface area contributed by atoms with Gasteiger partial charge in [-0.05, 0) is 32.6 Å². The standard InChI is InChI=1S/C14H26N2O3/c1-11(7-6-10-13(17)18)15-14(19)16-12-8-4-2-3-5-9-12/h11-12H,2-10H2,1H3,(H,17,18)(H2,15,16,19). The average Bonchev–Trinajstić information content (AvgIpc) is 2.56. The second-order valence-corrected chi connectivity index (χ2v) is 5.49. The number of hydrogen-bond acceptors (Lipinski definition) is 2. The summed E-state index contributed by atoms with van der Waals surface area (Å²) in [6.07, 6.45) is 8.53. The fourth-order valence-corrected chi connectivity index (χ4v) is 2.51. The highest BCUT2D eigenvalue weighted by molar-refractivity contribution is 5.74. The van der Waals surface area contributed by atoms with Crippen LogP contribution >= 0.6 is 0 Å². The Labute approximate surface area is 115 Å². The van der Waals surface area contributed by atoms with Gasteiger partial charge in [0.25, 0.3) is 0 Å². The molecule has 5 heteroatoms. The molecule has 1 aliphatic carbocycles. The molecule has 1 atom stereocenters. The molecule has 0 aromatic heterocycles. The summed E-state index contributed by atoms with van der Waals surface area (Å²) in [4.78, 5) is 22.2. The summed E-state index contributed by atoms with van der Waals surface area (Å²) in [5, 5.41) is 14.5. The minimum absolute atomic E-state index is 0.0186. The van der Waals surface area contributed by atoms with Gasteiger partial charge in [0.1, 0.15) is 0 Å². The van der Waals surface area contributed by atoms with Gasteiger partial charge in [-0.1, -0.05) is 25.7 Å². The number of carboxylic acid groups (broad SMARTS) is 1. The minimum atomic E-state index is -0.782. The van der Waals surface area contributed by atoms with Crippen molar-refractivity contribution in [2.75, 3.05) is 0 Å². The van der Waals surface area contributed by atoms with Gasteiger partial charge >= 0.3 is 12.0 Å². The van der Waals surface area contributed by atoms with Gasteiger partial charge in [-0.25, -0.2) is 4.79 Å². The van der Waals surface area contributed by atoms with Crippen LogP contribution in [0.4, 0.5) is 4.79 Å². The maximum Gasteiger partial charge on any atom is 0.315 e. The van der Waals surface area contributed by atoms with Crippen molar-refractivity contribution in [2.24, 2.45) is 0 Å². The normalized spacial score (nSPS) is 18.4. The largest absolute Gasteiger partial charge is 0.481 e. The molecular formula is C14H26N2O3. The van der Waals surface area contributed by atoms with Gasteiger partial charge in [0.05, 0.1) is 0 Å². The van der Waals surface area contributed by atoms with Crippen LogP contribution in [0.2, 0.25) is 0 Å². The van der Waals surface area contributed by atoms with E-state index in [4.69, 9.17) is 5.11 Å². The number of rotatable bonds is 6. The van der Waals surface area contributed by atoms with Gasteiger partial charge in [-0.3, -0.25) is 4.79 Å². The number of hydrogen-bond donors (Lipinski definition) is 3. The van der Waals surface area contributed by atoms with Gasteiger partial charge in [-0.15, -0.1) is 0 Å². The Balaban J connectivity index is 2.16. The molecule has 0 heterocycles. The number of urea groups is 1. The zero-order chi connectivity index (χ0) is 14.1. The molecule has 1 rings (SSSR count). The van der Waals surface area contributed by atoms with E-state index in [-0.39, 0.29) is 18.5 Å². The summed E-state index contributed by atoms with van der Waals surface area (Å²) < 4.78 is 0. The van der Waals surface area contributed by atoms with E-state index in [1.807, 2.05) is 6.92 Å². The van der Waals surface area contributed by atoms with Crippen LogP contribution in [0.5, 0.6) is 0 Å². The van der Waals surface area contributed by atoms with Crippen LogP contribution in [0.1, 0.15) is 64.7 Å². The van der Waals surface area contributed by atoms with Crippen molar-refractivity contribution in [1.29, 1.82) is 0 Å². The zero-order valence-electron chi connectivity index (χ0n) is 11.8. The molecule has 0 bridgehead atoms. The van der Waals surface area contributed by atoms with E-state index in [1.165, 1.54) is 25.7 Å². The summed E-state index contributed by atoms with van der Waals surface area (Å²) in [6.45, 7) is 1.91. The second-order valence-electron chi connectivity index (χ2n) is 5.49. The summed E-state index contributed by atoms with van der Waals surface area (Å²) in [7, 11) is 0. The maximum absolute atomic E-state index is 11.8. The van der Waals surface area contributed by atoms with Crippen molar-refractivity contribution in [1.82, 2.24) is 10.6 Å². The number of carboxylic acids is 1. The van der Waals surface area contributed by atoms with Gasteiger partial charge < -0.3 is 15.7 Å². The lowest BCUT2D eigenvalue weighted by atomic mass is 10.1. The SMILES string of the molecule is CC(CCCC(=O)O)NC(=O)NC1CCCCCC1. The Hall–Kier alpha value is -1.26. The number of amides is 2. The quantitative estimate of drug-likeness (QED) is 0.649. The predicted molar refractivity (Wildman–Crippen MR) is 74.1 cm³/mol. The first-order chi connectivity index (χ1) is 9.08. The smallest absolute Gasteiger partial charge is 0.315 e. The van der Waals surface area contributed by atoms with Crippen molar-refractivity contribution in [3.8, 4) is 0 Å². The van der Waals surface area contributed by atoms with Crippen LogP contribution in [0.15, 0.2) is 0 Å². The molecule has 0 saturated heterocycles. The van der Waals surface area contributed by atoms with Crippen molar-refractivity contribution in [3.05, 3.63) is 0 Å². The van der Waals surface area contributed by atoms with Gasteiger partial charge in [-0.2, -0.15) is 0 Å². The summed E-state index contributed by atoms with van der Waals surface area (Å²) in [5.74, 6) is -0.782. The molecule has 0 spiro atoms. The maximum atomic E-state index is 11.8. The number of carbonyl (C=O) groups is 2. The average molecular weight is 270 g/mol. The molecule has 2 amide bonds. The Morgan fingerprint density at radius 1 is 1.21 bits per heavy atom. The topological polar surface area (TPSA) is 78.4 Å². The lowest BCUT2D eigenvalue weighted by molar-refractivity contribution is -0.137. The highest BCUT2D eigenvalue weighted by Gasteiger charge is 2.15. The molecule has 0 aromatic rings. The molecule has 1 aliphatic rings. The number of nitrogens with one attached hydrogen (secondary N) is 2. The second kappa shape index (κ2) is 8.77. The van der Waals surface area contributed by atoms with Crippen LogP contribution in [-0.4, -0.2) is 29.2 Å². The number of carbonyl (C=O) groups excluding carboxylic acids is 1. The highest BCUT2D eigenvalue weighted by atomic mass is 16.4. The van der Waals surface area contributed by atoms with Crippen LogP contribution < -0.4 is 10.6 Å². The lowest BCUT2D eigenvalue weighted by Crippen LogP contribution is -2.45. The molecule has 110 valence electrons. The number of aliphatic carboxylic acids is 1. The van der Waals surface area contributed by atoms with Crippen LogP contribution in [0.25, 0.3) is 0 Å². The van der Waals surface area contributed by atoms with E-state index in [2.05, 4.69) is 10.6 Å². The minimum Gasteiger partial charge on any atom is -0.481 e. The Bertz CT molecular complexity index is 286. The van der Waals surface area contributed by atoms with E-state index in [0.717, 1.165) is 12.8 Å².